The number of nitrogens with zero attached hydrogens (tertiary/aromatic N) is 4. The molecule has 1 aliphatic heterocycles. The first kappa shape index (κ1) is 25.9. The van der Waals surface area contributed by atoms with Gasteiger partial charge in [-0.15, -0.1) is 0 Å². The molecule has 0 bridgehead atoms. The van der Waals surface area contributed by atoms with Gasteiger partial charge in [-0.05, 0) is 35.9 Å². The van der Waals surface area contributed by atoms with Crippen molar-refractivity contribution in [3.05, 3.63) is 99.9 Å². The zero-order chi connectivity index (χ0) is 26.6. The van der Waals surface area contributed by atoms with Crippen molar-refractivity contribution in [1.29, 1.82) is 0 Å². The molecular formula is C28H26Cl2N6O2. The molecule has 1 atom stereocenters. The van der Waals surface area contributed by atoms with Gasteiger partial charge in [-0.25, -0.2) is 4.68 Å². The Kier molecular flexibility index (Phi) is 7.74. The summed E-state index contributed by atoms with van der Waals surface area (Å²) < 4.78 is 1.86. The minimum atomic E-state index is -0.784. The molecule has 3 heterocycles. The molecule has 4 aromatic rings. The van der Waals surface area contributed by atoms with E-state index in [9.17, 15) is 9.59 Å². The van der Waals surface area contributed by atoms with Crippen molar-refractivity contribution < 1.29 is 9.59 Å². The number of hydrogen-bond acceptors (Lipinski definition) is 5. The fourth-order valence-electron chi connectivity index (χ4n) is 4.68. The molecule has 1 aliphatic rings. The summed E-state index contributed by atoms with van der Waals surface area (Å²) in [7, 11) is 0. The van der Waals surface area contributed by atoms with Crippen LogP contribution in [0.1, 0.15) is 16.8 Å². The van der Waals surface area contributed by atoms with E-state index in [0.29, 0.717) is 36.0 Å². The maximum Gasteiger partial charge on any atom is 0.240 e. The van der Waals surface area contributed by atoms with Crippen molar-refractivity contribution in [3.8, 4) is 16.9 Å². The summed E-state index contributed by atoms with van der Waals surface area (Å²) in [5.41, 5.74) is 11.0. The van der Waals surface area contributed by atoms with Crippen LogP contribution in [0.15, 0.2) is 73.1 Å². The van der Waals surface area contributed by atoms with Gasteiger partial charge in [0.1, 0.15) is 6.04 Å². The topological polar surface area (TPSA) is 106 Å². The number of aromatic nitrogens is 3. The zero-order valence-electron chi connectivity index (χ0n) is 20.5. The monoisotopic (exact) mass is 548 g/mol. The second-order valence-corrected chi connectivity index (χ2v) is 10.0. The first-order chi connectivity index (χ1) is 18.4. The number of carbonyl (C=O) groups is 2. The van der Waals surface area contributed by atoms with E-state index in [4.69, 9.17) is 34.0 Å². The highest BCUT2D eigenvalue weighted by Crippen LogP contribution is 2.34. The summed E-state index contributed by atoms with van der Waals surface area (Å²) in [4.78, 5) is 31.3. The third kappa shape index (κ3) is 5.72. The Hall–Kier alpha value is -3.72. The van der Waals surface area contributed by atoms with Crippen LogP contribution in [0.2, 0.25) is 10.0 Å². The number of halogens is 2. The van der Waals surface area contributed by atoms with Crippen molar-refractivity contribution in [2.24, 2.45) is 5.73 Å². The summed E-state index contributed by atoms with van der Waals surface area (Å²) in [6.45, 7) is 1.28. The summed E-state index contributed by atoms with van der Waals surface area (Å²) in [6, 6.07) is 17.9. The number of fused-ring (bicyclic) bond motifs is 1. The SMILES string of the molecule is NC(=O)[C@H](Cc1ccccc1)NC(=O)CN1CCc2nn(-c3ccc(Cl)c(Cl)c3)c(-c3cccnc3)c2C1. The van der Waals surface area contributed by atoms with Crippen LogP contribution in [0, 0.1) is 0 Å². The lowest BCUT2D eigenvalue weighted by Crippen LogP contribution is -2.49. The van der Waals surface area contributed by atoms with Crippen molar-refractivity contribution in [2.75, 3.05) is 13.1 Å². The largest absolute Gasteiger partial charge is 0.368 e. The van der Waals surface area contributed by atoms with Crippen molar-refractivity contribution >= 4 is 35.0 Å². The van der Waals surface area contributed by atoms with E-state index in [-0.39, 0.29) is 12.5 Å². The van der Waals surface area contributed by atoms with Crippen LogP contribution in [0.3, 0.4) is 0 Å². The van der Waals surface area contributed by atoms with Gasteiger partial charge in [0, 0.05) is 49.5 Å². The molecule has 194 valence electrons. The molecule has 0 saturated heterocycles. The molecule has 5 rings (SSSR count). The lowest BCUT2D eigenvalue weighted by atomic mass is 10.0. The predicted octanol–water partition coefficient (Wildman–Crippen LogP) is 3.81. The van der Waals surface area contributed by atoms with Crippen molar-refractivity contribution in [3.63, 3.8) is 0 Å². The van der Waals surface area contributed by atoms with Gasteiger partial charge in [0.25, 0.3) is 0 Å². The third-order valence-corrected chi connectivity index (χ3v) is 7.26. The maximum absolute atomic E-state index is 13.0. The van der Waals surface area contributed by atoms with Gasteiger partial charge in [0.2, 0.25) is 11.8 Å². The number of nitrogens with one attached hydrogen (secondary N) is 1. The maximum atomic E-state index is 13.0. The Morgan fingerprint density at radius 3 is 2.58 bits per heavy atom. The average molecular weight is 549 g/mol. The highest BCUT2D eigenvalue weighted by atomic mass is 35.5. The number of benzene rings is 2. The lowest BCUT2D eigenvalue weighted by Gasteiger charge is -2.27. The Bertz CT molecular complexity index is 1460. The molecule has 2 aromatic carbocycles. The smallest absolute Gasteiger partial charge is 0.240 e. The molecule has 3 N–H and O–H groups in total. The molecule has 0 aliphatic carbocycles. The van der Waals surface area contributed by atoms with Crippen LogP contribution in [0.4, 0.5) is 0 Å². The molecule has 38 heavy (non-hydrogen) atoms. The quantitative estimate of drug-likeness (QED) is 0.348. The van der Waals surface area contributed by atoms with E-state index in [1.165, 1.54) is 0 Å². The van der Waals surface area contributed by atoms with E-state index in [0.717, 1.165) is 33.8 Å². The molecule has 0 spiro atoms. The Morgan fingerprint density at radius 1 is 1.05 bits per heavy atom. The van der Waals surface area contributed by atoms with Crippen LogP contribution >= 0.6 is 23.2 Å². The number of pyridine rings is 1. The molecule has 0 fully saturated rings. The Labute approximate surface area is 230 Å². The van der Waals surface area contributed by atoms with Crippen LogP contribution in [-0.4, -0.2) is 50.6 Å². The van der Waals surface area contributed by atoms with Gasteiger partial charge in [0.05, 0.1) is 33.7 Å². The number of nitrogens with two attached hydrogens (primary N) is 1. The highest BCUT2D eigenvalue weighted by molar-refractivity contribution is 6.42. The fourth-order valence-corrected chi connectivity index (χ4v) is 4.98. The minimum absolute atomic E-state index is 0.127. The highest BCUT2D eigenvalue weighted by Gasteiger charge is 2.28. The lowest BCUT2D eigenvalue weighted by molar-refractivity contribution is -0.128. The van der Waals surface area contributed by atoms with Gasteiger partial charge in [-0.3, -0.25) is 19.5 Å². The molecule has 8 nitrogen and oxygen atoms in total. The first-order valence-electron chi connectivity index (χ1n) is 12.2. The van der Waals surface area contributed by atoms with E-state index in [1.807, 2.05) is 58.1 Å². The van der Waals surface area contributed by atoms with Gasteiger partial charge in [-0.2, -0.15) is 5.10 Å². The minimum Gasteiger partial charge on any atom is -0.368 e. The second kappa shape index (κ2) is 11.3. The molecule has 2 amide bonds. The van der Waals surface area contributed by atoms with E-state index < -0.39 is 11.9 Å². The number of primary amides is 1. The fraction of sp³-hybridized carbons (Fsp3) is 0.214. The van der Waals surface area contributed by atoms with Crippen molar-refractivity contribution in [2.45, 2.75) is 25.4 Å². The molecule has 0 saturated carbocycles. The summed E-state index contributed by atoms with van der Waals surface area (Å²) in [5.74, 6) is -0.821. The van der Waals surface area contributed by atoms with Gasteiger partial charge >= 0.3 is 0 Å². The van der Waals surface area contributed by atoms with Crippen molar-refractivity contribution in [1.82, 2.24) is 25.0 Å². The molecular weight excluding hydrogens is 523 g/mol. The number of rotatable bonds is 8. The molecule has 2 aromatic heterocycles. The number of hydrogen-bond donors (Lipinski definition) is 2. The van der Waals surface area contributed by atoms with Gasteiger partial charge in [0.15, 0.2) is 0 Å². The summed E-state index contributed by atoms with van der Waals surface area (Å²) in [5, 5.41) is 8.62. The van der Waals surface area contributed by atoms with E-state index in [2.05, 4.69) is 10.3 Å². The van der Waals surface area contributed by atoms with Gasteiger partial charge < -0.3 is 11.1 Å². The van der Waals surface area contributed by atoms with E-state index >= 15 is 0 Å². The standard InChI is InChI=1S/C28H26Cl2N6O2/c29-22-9-8-20(14-23(22)30)36-27(19-7-4-11-32-15-19)21-16-35(12-10-24(21)34-36)17-26(37)33-25(28(31)38)13-18-5-2-1-3-6-18/h1-9,11,14-15,25H,10,12-13,16-17H2,(H2,31,38)(H,33,37)/t25-/m0/s1. The Morgan fingerprint density at radius 2 is 1.87 bits per heavy atom. The predicted molar refractivity (Wildman–Crippen MR) is 147 cm³/mol. The molecule has 10 heteroatoms. The summed E-state index contributed by atoms with van der Waals surface area (Å²) in [6.07, 6.45) is 4.51. The summed E-state index contributed by atoms with van der Waals surface area (Å²) >= 11 is 12.5. The number of amides is 2. The van der Waals surface area contributed by atoms with Crippen LogP contribution in [0.5, 0.6) is 0 Å². The molecule has 0 radical (unpaired) electrons. The van der Waals surface area contributed by atoms with Crippen LogP contribution in [0.25, 0.3) is 16.9 Å². The third-order valence-electron chi connectivity index (χ3n) is 6.52. The first-order valence-corrected chi connectivity index (χ1v) is 13.0. The van der Waals surface area contributed by atoms with Gasteiger partial charge in [-0.1, -0.05) is 53.5 Å². The zero-order valence-corrected chi connectivity index (χ0v) is 22.0. The normalized spacial score (nSPS) is 14.1. The van der Waals surface area contributed by atoms with E-state index in [1.54, 1.807) is 24.5 Å². The number of carbonyl (C=O) groups excluding carboxylic acids is 2. The average Bonchev–Trinajstić information content (AvgIpc) is 3.29. The second-order valence-electron chi connectivity index (χ2n) is 9.20. The van der Waals surface area contributed by atoms with Crippen LogP contribution in [-0.2, 0) is 29.0 Å². The van der Waals surface area contributed by atoms with Crippen LogP contribution < -0.4 is 11.1 Å². The Balaban J connectivity index is 1.38. The molecule has 0 unspecified atom stereocenters.